The topological polar surface area (TPSA) is 35.6 Å². The molecule has 1 heterocycles. The third kappa shape index (κ3) is 4.97. The van der Waals surface area contributed by atoms with Crippen molar-refractivity contribution in [3.05, 3.63) is 62.0 Å². The number of halogens is 3. The number of benzene rings is 2. The van der Waals surface area contributed by atoms with Gasteiger partial charge in [0.1, 0.15) is 0 Å². The molecule has 0 atom stereocenters. The van der Waals surface area contributed by atoms with E-state index in [9.17, 15) is 4.79 Å². The zero-order chi connectivity index (χ0) is 17.8. The van der Waals surface area contributed by atoms with Crippen molar-refractivity contribution < 1.29 is 4.79 Å². The van der Waals surface area contributed by atoms with Crippen LogP contribution < -0.4 is 5.32 Å². The van der Waals surface area contributed by atoms with E-state index in [2.05, 4.69) is 54.2 Å². The lowest BCUT2D eigenvalue weighted by molar-refractivity contribution is 0.143. The molecule has 0 saturated carbocycles. The third-order valence-corrected chi connectivity index (χ3v) is 6.37. The Morgan fingerprint density at radius 3 is 2.44 bits per heavy atom. The summed E-state index contributed by atoms with van der Waals surface area (Å²) in [5, 5.41) is 3.43. The summed E-state index contributed by atoms with van der Waals surface area (Å²) in [6, 6.07) is 13.5. The quantitative estimate of drug-likeness (QED) is 0.645. The second-order valence-corrected chi connectivity index (χ2v) is 8.04. The molecule has 1 saturated heterocycles. The monoisotopic (exact) mass is 485 g/mol. The summed E-state index contributed by atoms with van der Waals surface area (Å²) in [6.07, 6.45) is 0. The van der Waals surface area contributed by atoms with Gasteiger partial charge in [0, 0.05) is 41.7 Å². The molecule has 3 rings (SSSR count). The normalized spacial score (nSPS) is 15.2. The lowest BCUT2D eigenvalue weighted by atomic mass is 10.2. The molecule has 0 aromatic heterocycles. The maximum Gasteiger partial charge on any atom is 0.321 e. The van der Waals surface area contributed by atoms with Crippen molar-refractivity contribution in [1.82, 2.24) is 9.80 Å². The molecule has 1 aliphatic rings. The molecule has 2 aromatic carbocycles. The highest BCUT2D eigenvalue weighted by Gasteiger charge is 2.21. The number of nitrogens with one attached hydrogen (secondary N) is 1. The average Bonchev–Trinajstić information content (AvgIpc) is 2.61. The molecule has 0 unspecified atom stereocenters. The Bertz CT molecular complexity index is 764. The van der Waals surface area contributed by atoms with E-state index in [0.717, 1.165) is 28.6 Å². The minimum Gasteiger partial charge on any atom is -0.322 e. The van der Waals surface area contributed by atoms with Gasteiger partial charge in [-0.15, -0.1) is 0 Å². The van der Waals surface area contributed by atoms with Crippen LogP contribution in [0.2, 0.25) is 5.02 Å². The number of rotatable bonds is 3. The van der Waals surface area contributed by atoms with Crippen LogP contribution in [0.3, 0.4) is 0 Å². The molecule has 1 fully saturated rings. The third-order valence-electron chi connectivity index (χ3n) is 4.17. The van der Waals surface area contributed by atoms with Crippen molar-refractivity contribution >= 4 is 55.2 Å². The number of carbonyl (C=O) groups excluding carboxylic acids is 1. The van der Waals surface area contributed by atoms with E-state index in [0.29, 0.717) is 23.8 Å². The van der Waals surface area contributed by atoms with Crippen molar-refractivity contribution in [3.8, 4) is 0 Å². The first-order valence-electron chi connectivity index (χ1n) is 7.99. The van der Waals surface area contributed by atoms with Crippen LogP contribution in [-0.4, -0.2) is 42.0 Å². The van der Waals surface area contributed by atoms with Crippen LogP contribution in [0.4, 0.5) is 10.5 Å². The summed E-state index contributed by atoms with van der Waals surface area (Å²) < 4.78 is 2.11. The van der Waals surface area contributed by atoms with Crippen LogP contribution >= 0.6 is 43.5 Å². The number of nitrogens with zero attached hydrogens (tertiary/aromatic N) is 2. The van der Waals surface area contributed by atoms with E-state index < -0.39 is 0 Å². The SMILES string of the molecule is O=C(Nc1ccccc1Cl)N1CCN(Cc2ccc(Br)c(Br)c2)CC1. The molecule has 25 heavy (non-hydrogen) atoms. The van der Waals surface area contributed by atoms with Gasteiger partial charge in [-0.2, -0.15) is 0 Å². The molecule has 2 aromatic rings. The molecule has 2 amide bonds. The van der Waals surface area contributed by atoms with E-state index in [1.807, 2.05) is 29.2 Å². The molecule has 0 bridgehead atoms. The second kappa shape index (κ2) is 8.54. The standard InChI is InChI=1S/C18H18Br2ClN3O/c19-14-6-5-13(11-15(14)20)12-23-7-9-24(10-8-23)18(25)22-17-4-2-1-3-16(17)21/h1-6,11H,7-10,12H2,(H,22,25). The van der Waals surface area contributed by atoms with Crippen LogP contribution in [0, 0.1) is 0 Å². The van der Waals surface area contributed by atoms with Gasteiger partial charge in [0.2, 0.25) is 0 Å². The minimum absolute atomic E-state index is 0.0980. The van der Waals surface area contributed by atoms with Gasteiger partial charge in [0.15, 0.2) is 0 Å². The van der Waals surface area contributed by atoms with Gasteiger partial charge < -0.3 is 10.2 Å². The second-order valence-electron chi connectivity index (χ2n) is 5.92. The Hall–Kier alpha value is -1.08. The molecule has 4 nitrogen and oxygen atoms in total. The Morgan fingerprint density at radius 1 is 1.04 bits per heavy atom. The Labute approximate surface area is 169 Å². The lowest BCUT2D eigenvalue weighted by Crippen LogP contribution is -2.49. The van der Waals surface area contributed by atoms with E-state index in [1.54, 1.807) is 6.07 Å². The van der Waals surface area contributed by atoms with Crippen LogP contribution in [0.25, 0.3) is 0 Å². The summed E-state index contributed by atoms with van der Waals surface area (Å²) >= 11 is 13.1. The van der Waals surface area contributed by atoms with E-state index in [-0.39, 0.29) is 6.03 Å². The van der Waals surface area contributed by atoms with Crippen molar-refractivity contribution in [2.45, 2.75) is 6.54 Å². The molecule has 0 aliphatic carbocycles. The van der Waals surface area contributed by atoms with Crippen molar-refractivity contribution in [2.75, 3.05) is 31.5 Å². The highest BCUT2D eigenvalue weighted by Crippen LogP contribution is 2.25. The van der Waals surface area contributed by atoms with E-state index in [4.69, 9.17) is 11.6 Å². The lowest BCUT2D eigenvalue weighted by Gasteiger charge is -2.34. The molecular formula is C18H18Br2ClN3O. The zero-order valence-electron chi connectivity index (χ0n) is 13.5. The number of hydrogen-bond donors (Lipinski definition) is 1. The van der Waals surface area contributed by atoms with Gasteiger partial charge in [-0.1, -0.05) is 29.8 Å². The van der Waals surface area contributed by atoms with E-state index >= 15 is 0 Å². The predicted octanol–water partition coefficient (Wildman–Crippen LogP) is 5.21. The Morgan fingerprint density at radius 2 is 1.76 bits per heavy atom. The Balaban J connectivity index is 1.52. The fourth-order valence-corrected chi connectivity index (χ4v) is 3.62. The van der Waals surface area contributed by atoms with Gasteiger partial charge in [-0.05, 0) is 61.7 Å². The summed E-state index contributed by atoms with van der Waals surface area (Å²) in [5.41, 5.74) is 1.90. The van der Waals surface area contributed by atoms with Crippen molar-refractivity contribution in [1.29, 1.82) is 0 Å². The molecule has 132 valence electrons. The number of piperazine rings is 1. The van der Waals surface area contributed by atoms with Crippen molar-refractivity contribution in [2.24, 2.45) is 0 Å². The van der Waals surface area contributed by atoms with Gasteiger partial charge in [0.25, 0.3) is 0 Å². The zero-order valence-corrected chi connectivity index (χ0v) is 17.4. The maximum atomic E-state index is 12.4. The molecular weight excluding hydrogens is 469 g/mol. The Kier molecular flexibility index (Phi) is 6.39. The molecule has 1 N–H and O–H groups in total. The fraction of sp³-hybridized carbons (Fsp3) is 0.278. The first kappa shape index (κ1) is 18.7. The van der Waals surface area contributed by atoms with Crippen LogP contribution in [-0.2, 0) is 6.54 Å². The molecule has 7 heteroatoms. The van der Waals surface area contributed by atoms with Crippen LogP contribution in [0.15, 0.2) is 51.4 Å². The minimum atomic E-state index is -0.0980. The summed E-state index contributed by atoms with van der Waals surface area (Å²) in [4.78, 5) is 16.6. The number of urea groups is 1. The van der Waals surface area contributed by atoms with Gasteiger partial charge in [0.05, 0.1) is 10.7 Å². The number of para-hydroxylation sites is 1. The molecule has 0 spiro atoms. The van der Waals surface area contributed by atoms with Gasteiger partial charge in [-0.25, -0.2) is 4.79 Å². The largest absolute Gasteiger partial charge is 0.322 e. The molecule has 0 radical (unpaired) electrons. The summed E-state index contributed by atoms with van der Waals surface area (Å²) in [7, 11) is 0. The number of hydrogen-bond acceptors (Lipinski definition) is 2. The first-order valence-corrected chi connectivity index (χ1v) is 9.96. The number of anilines is 1. The highest BCUT2D eigenvalue weighted by molar-refractivity contribution is 9.13. The highest BCUT2D eigenvalue weighted by atomic mass is 79.9. The molecule has 1 aliphatic heterocycles. The van der Waals surface area contributed by atoms with Crippen molar-refractivity contribution in [3.63, 3.8) is 0 Å². The fourth-order valence-electron chi connectivity index (χ4n) is 2.76. The average molecular weight is 488 g/mol. The summed E-state index contributed by atoms with van der Waals surface area (Å²) in [5.74, 6) is 0. The summed E-state index contributed by atoms with van der Waals surface area (Å²) in [6.45, 7) is 3.99. The van der Waals surface area contributed by atoms with E-state index in [1.165, 1.54) is 5.56 Å². The maximum absolute atomic E-state index is 12.4. The first-order chi connectivity index (χ1) is 12.0. The van der Waals surface area contributed by atoms with Crippen LogP contribution in [0.1, 0.15) is 5.56 Å². The number of amides is 2. The van der Waals surface area contributed by atoms with Gasteiger partial charge in [-0.3, -0.25) is 4.90 Å². The smallest absolute Gasteiger partial charge is 0.321 e. The van der Waals surface area contributed by atoms with Crippen LogP contribution in [0.5, 0.6) is 0 Å². The number of carbonyl (C=O) groups is 1. The van der Waals surface area contributed by atoms with Gasteiger partial charge >= 0.3 is 6.03 Å². The predicted molar refractivity (Wildman–Crippen MR) is 109 cm³/mol.